The summed E-state index contributed by atoms with van der Waals surface area (Å²) in [4.78, 5) is 18.2. The lowest BCUT2D eigenvalue weighted by Crippen LogP contribution is -2.01. The molecule has 0 saturated heterocycles. The number of aromatic nitrogens is 4. The topological polar surface area (TPSA) is 60.7 Å². The normalized spacial score (nSPS) is 9.85. The minimum atomic E-state index is 0.481. The van der Waals surface area contributed by atoms with E-state index in [0.29, 0.717) is 11.4 Å². The van der Waals surface area contributed by atoms with Gasteiger partial charge in [-0.3, -0.25) is 4.79 Å². The smallest absolute Gasteiger partial charge is 0.168 e. The lowest BCUT2D eigenvalue weighted by Gasteiger charge is -1.99. The Bertz CT molecular complexity index is 409. The molecule has 2 aromatic rings. The van der Waals surface area contributed by atoms with E-state index in [2.05, 4.69) is 15.1 Å². The van der Waals surface area contributed by atoms with Crippen molar-refractivity contribution in [2.45, 2.75) is 0 Å². The largest absolute Gasteiger partial charge is 0.296 e. The molecule has 0 N–H and O–H groups in total. The van der Waals surface area contributed by atoms with Crippen LogP contribution < -0.4 is 0 Å². The predicted octanol–water partition coefficient (Wildman–Crippen LogP) is 0.475. The first-order chi connectivity index (χ1) is 6.42. The SMILES string of the molecule is O=Cc1ccnn1-c1cncnc1. The number of hydrogen-bond acceptors (Lipinski definition) is 4. The molecular weight excluding hydrogens is 168 g/mol. The molecule has 2 rings (SSSR count). The molecule has 0 saturated carbocycles. The van der Waals surface area contributed by atoms with E-state index in [1.165, 1.54) is 11.0 Å². The Kier molecular flexibility index (Phi) is 1.84. The molecule has 0 radical (unpaired) electrons. The Morgan fingerprint density at radius 1 is 1.31 bits per heavy atom. The minimum Gasteiger partial charge on any atom is -0.296 e. The van der Waals surface area contributed by atoms with Gasteiger partial charge < -0.3 is 0 Å². The van der Waals surface area contributed by atoms with Gasteiger partial charge in [0.15, 0.2) is 6.29 Å². The number of aldehydes is 1. The molecule has 0 spiro atoms. The molecule has 5 heteroatoms. The van der Waals surface area contributed by atoms with E-state index in [-0.39, 0.29) is 0 Å². The molecule has 13 heavy (non-hydrogen) atoms. The molecule has 0 aliphatic heterocycles. The lowest BCUT2D eigenvalue weighted by molar-refractivity contribution is 0.111. The molecule has 0 bridgehead atoms. The molecule has 0 fully saturated rings. The maximum absolute atomic E-state index is 10.6. The Labute approximate surface area is 74.1 Å². The van der Waals surface area contributed by atoms with Crippen LogP contribution in [-0.4, -0.2) is 26.0 Å². The highest BCUT2D eigenvalue weighted by molar-refractivity contribution is 5.72. The van der Waals surface area contributed by atoms with Crippen LogP contribution in [0.2, 0.25) is 0 Å². The summed E-state index contributed by atoms with van der Waals surface area (Å²) in [5.74, 6) is 0. The monoisotopic (exact) mass is 174 g/mol. The van der Waals surface area contributed by atoms with Crippen LogP contribution in [0.1, 0.15) is 10.5 Å². The first-order valence-electron chi connectivity index (χ1n) is 3.66. The van der Waals surface area contributed by atoms with Crippen molar-refractivity contribution in [1.82, 2.24) is 19.7 Å². The molecule has 0 aliphatic carbocycles. The molecule has 0 atom stereocenters. The molecule has 0 unspecified atom stereocenters. The van der Waals surface area contributed by atoms with Gasteiger partial charge in [-0.05, 0) is 6.07 Å². The standard InChI is InChI=1S/C8H6N4O/c13-5-7-1-2-11-12(7)8-3-9-6-10-4-8/h1-6H. The number of carbonyl (C=O) groups is 1. The zero-order chi connectivity index (χ0) is 9.10. The van der Waals surface area contributed by atoms with Crippen molar-refractivity contribution in [3.63, 3.8) is 0 Å². The molecule has 64 valence electrons. The summed E-state index contributed by atoms with van der Waals surface area (Å²) in [6.45, 7) is 0. The van der Waals surface area contributed by atoms with E-state index >= 15 is 0 Å². The number of rotatable bonds is 2. The zero-order valence-corrected chi connectivity index (χ0v) is 6.66. The van der Waals surface area contributed by atoms with Crippen LogP contribution in [-0.2, 0) is 0 Å². The van der Waals surface area contributed by atoms with Crippen molar-refractivity contribution in [3.05, 3.63) is 36.7 Å². The van der Waals surface area contributed by atoms with Gasteiger partial charge in [-0.2, -0.15) is 5.10 Å². The Hall–Kier alpha value is -2.04. The molecule has 0 aromatic carbocycles. The van der Waals surface area contributed by atoms with Crippen molar-refractivity contribution >= 4 is 6.29 Å². The van der Waals surface area contributed by atoms with Crippen molar-refractivity contribution in [2.75, 3.05) is 0 Å². The average molecular weight is 174 g/mol. The summed E-state index contributed by atoms with van der Waals surface area (Å²) in [7, 11) is 0. The minimum absolute atomic E-state index is 0.481. The third-order valence-corrected chi connectivity index (χ3v) is 1.58. The van der Waals surface area contributed by atoms with E-state index in [0.717, 1.165) is 6.29 Å². The summed E-state index contributed by atoms with van der Waals surface area (Å²) in [5.41, 5.74) is 1.16. The predicted molar refractivity (Wildman–Crippen MR) is 44.5 cm³/mol. The second kappa shape index (κ2) is 3.14. The van der Waals surface area contributed by atoms with Crippen molar-refractivity contribution < 1.29 is 4.79 Å². The summed E-state index contributed by atoms with van der Waals surface area (Å²) >= 11 is 0. The average Bonchev–Trinajstić information content (AvgIpc) is 2.67. The van der Waals surface area contributed by atoms with E-state index in [1.54, 1.807) is 24.7 Å². The van der Waals surface area contributed by atoms with Gasteiger partial charge in [0.1, 0.15) is 17.7 Å². The van der Waals surface area contributed by atoms with Crippen LogP contribution in [0.4, 0.5) is 0 Å². The van der Waals surface area contributed by atoms with E-state index in [4.69, 9.17) is 0 Å². The van der Waals surface area contributed by atoms with Gasteiger partial charge in [-0.15, -0.1) is 0 Å². The first kappa shape index (κ1) is 7.60. The fourth-order valence-corrected chi connectivity index (χ4v) is 1.02. The molecular formula is C8H6N4O. The highest BCUT2D eigenvalue weighted by atomic mass is 16.1. The summed E-state index contributed by atoms with van der Waals surface area (Å²) in [6.07, 6.45) is 6.89. The maximum Gasteiger partial charge on any atom is 0.168 e. The van der Waals surface area contributed by atoms with Gasteiger partial charge in [0, 0.05) is 0 Å². The fourth-order valence-electron chi connectivity index (χ4n) is 1.02. The van der Waals surface area contributed by atoms with Crippen molar-refractivity contribution in [2.24, 2.45) is 0 Å². The third kappa shape index (κ3) is 1.31. The van der Waals surface area contributed by atoms with Crippen molar-refractivity contribution in [1.29, 1.82) is 0 Å². The molecule has 5 nitrogen and oxygen atoms in total. The van der Waals surface area contributed by atoms with Crippen LogP contribution in [0.15, 0.2) is 31.0 Å². The van der Waals surface area contributed by atoms with Gasteiger partial charge >= 0.3 is 0 Å². The Balaban J connectivity index is 2.52. The van der Waals surface area contributed by atoms with Crippen LogP contribution in [0.3, 0.4) is 0 Å². The zero-order valence-electron chi connectivity index (χ0n) is 6.66. The van der Waals surface area contributed by atoms with Gasteiger partial charge in [-0.25, -0.2) is 14.6 Å². The van der Waals surface area contributed by atoms with Gasteiger partial charge in [0.2, 0.25) is 0 Å². The van der Waals surface area contributed by atoms with Gasteiger partial charge in [0.05, 0.1) is 18.6 Å². The highest BCUT2D eigenvalue weighted by Gasteiger charge is 2.02. The van der Waals surface area contributed by atoms with Crippen LogP contribution in [0, 0.1) is 0 Å². The molecule has 2 aromatic heterocycles. The summed E-state index contributed by atoms with van der Waals surface area (Å²) in [5, 5.41) is 3.96. The lowest BCUT2D eigenvalue weighted by atomic mass is 10.4. The Morgan fingerprint density at radius 2 is 2.08 bits per heavy atom. The van der Waals surface area contributed by atoms with E-state index in [1.807, 2.05) is 0 Å². The molecule has 0 aliphatic rings. The number of nitrogens with zero attached hydrogens (tertiary/aromatic N) is 4. The quantitative estimate of drug-likeness (QED) is 0.621. The second-order valence-corrected chi connectivity index (χ2v) is 2.38. The molecule has 0 amide bonds. The van der Waals surface area contributed by atoms with Gasteiger partial charge in [0.25, 0.3) is 0 Å². The van der Waals surface area contributed by atoms with Crippen LogP contribution in [0.5, 0.6) is 0 Å². The highest BCUT2D eigenvalue weighted by Crippen LogP contribution is 2.04. The van der Waals surface area contributed by atoms with Crippen LogP contribution >= 0.6 is 0 Å². The van der Waals surface area contributed by atoms with Crippen molar-refractivity contribution in [3.8, 4) is 5.69 Å². The van der Waals surface area contributed by atoms with Gasteiger partial charge in [-0.1, -0.05) is 0 Å². The van der Waals surface area contributed by atoms with E-state index in [9.17, 15) is 4.79 Å². The van der Waals surface area contributed by atoms with Crippen LogP contribution in [0.25, 0.3) is 5.69 Å². The molecule has 2 heterocycles. The summed E-state index contributed by atoms with van der Waals surface area (Å²) in [6, 6.07) is 1.62. The number of carbonyl (C=O) groups excluding carboxylic acids is 1. The second-order valence-electron chi connectivity index (χ2n) is 2.38. The summed E-state index contributed by atoms with van der Waals surface area (Å²) < 4.78 is 1.48. The fraction of sp³-hybridized carbons (Fsp3) is 0. The third-order valence-electron chi connectivity index (χ3n) is 1.58. The maximum atomic E-state index is 10.6. The first-order valence-corrected chi connectivity index (χ1v) is 3.66. The van der Waals surface area contributed by atoms with E-state index < -0.39 is 0 Å². The Morgan fingerprint density at radius 3 is 2.77 bits per heavy atom. The number of hydrogen-bond donors (Lipinski definition) is 0.